The molecule has 0 aromatic carbocycles. The van der Waals surface area contributed by atoms with Crippen LogP contribution in [0.2, 0.25) is 0 Å². The normalized spacial score (nSPS) is 10.2. The molecular weight excluding hydrogens is 164 g/mol. The third kappa shape index (κ3) is 3.51. The summed E-state index contributed by atoms with van der Waals surface area (Å²) in [6.45, 7) is 2.38. The van der Waals surface area contributed by atoms with Gasteiger partial charge in [0, 0.05) is 18.5 Å². The van der Waals surface area contributed by atoms with E-state index in [0.29, 0.717) is 6.61 Å². The predicted molar refractivity (Wildman–Crippen MR) is 52.6 cm³/mol. The zero-order valence-electron chi connectivity index (χ0n) is 7.53. The van der Waals surface area contributed by atoms with Gasteiger partial charge in [0.2, 0.25) is 5.90 Å². The Bertz CT molecular complexity index is 293. The van der Waals surface area contributed by atoms with Crippen LogP contribution in [-0.4, -0.2) is 17.5 Å². The Balaban J connectivity index is 2.54. The molecule has 0 aliphatic carbocycles. The number of aromatic nitrogens is 1. The van der Waals surface area contributed by atoms with Crippen molar-refractivity contribution in [3.8, 4) is 0 Å². The van der Waals surface area contributed by atoms with Gasteiger partial charge in [-0.25, -0.2) is 0 Å². The summed E-state index contributed by atoms with van der Waals surface area (Å²) < 4.78 is 4.94. The largest absolute Gasteiger partial charge is 0.478 e. The summed E-state index contributed by atoms with van der Waals surface area (Å²) in [7, 11) is 0. The summed E-state index contributed by atoms with van der Waals surface area (Å²) in [4.78, 5) is 3.95. The quantitative estimate of drug-likeness (QED) is 0.566. The van der Waals surface area contributed by atoms with Crippen LogP contribution in [0.3, 0.4) is 0 Å². The second-order valence-electron chi connectivity index (χ2n) is 2.42. The van der Waals surface area contributed by atoms with Gasteiger partial charge in [0.25, 0.3) is 0 Å². The van der Waals surface area contributed by atoms with Gasteiger partial charge in [-0.2, -0.15) is 0 Å². The van der Waals surface area contributed by atoms with Crippen molar-refractivity contribution >= 4 is 12.0 Å². The molecule has 1 N–H and O–H groups in total. The molecule has 0 aliphatic heterocycles. The van der Waals surface area contributed by atoms with E-state index in [2.05, 4.69) is 4.98 Å². The monoisotopic (exact) mass is 176 g/mol. The lowest BCUT2D eigenvalue weighted by molar-refractivity contribution is 0.327. The SMILES string of the molecule is CCOC(=N)/C=C/c1cccnc1. The van der Waals surface area contributed by atoms with Crippen LogP contribution in [0.15, 0.2) is 30.6 Å². The maximum atomic E-state index is 7.31. The van der Waals surface area contributed by atoms with E-state index in [4.69, 9.17) is 10.1 Å². The number of nitrogens with zero attached hydrogens (tertiary/aromatic N) is 1. The van der Waals surface area contributed by atoms with Gasteiger partial charge in [-0.3, -0.25) is 10.4 Å². The number of nitrogens with one attached hydrogen (secondary N) is 1. The minimum absolute atomic E-state index is 0.173. The Morgan fingerprint density at radius 3 is 3.15 bits per heavy atom. The van der Waals surface area contributed by atoms with Crippen molar-refractivity contribution in [2.75, 3.05) is 6.61 Å². The Kier molecular flexibility index (Phi) is 3.70. The van der Waals surface area contributed by atoms with Crippen molar-refractivity contribution in [2.45, 2.75) is 6.92 Å². The van der Waals surface area contributed by atoms with Gasteiger partial charge in [-0.1, -0.05) is 6.07 Å². The van der Waals surface area contributed by atoms with Gasteiger partial charge in [0.1, 0.15) is 0 Å². The minimum atomic E-state index is 0.173. The maximum absolute atomic E-state index is 7.31. The van der Waals surface area contributed by atoms with Crippen LogP contribution in [-0.2, 0) is 4.74 Å². The molecule has 0 bridgehead atoms. The predicted octanol–water partition coefficient (Wildman–Crippen LogP) is 2.11. The maximum Gasteiger partial charge on any atom is 0.205 e. The van der Waals surface area contributed by atoms with Gasteiger partial charge in [-0.15, -0.1) is 0 Å². The molecular formula is C10H12N2O. The first kappa shape index (κ1) is 9.45. The lowest BCUT2D eigenvalue weighted by Crippen LogP contribution is -1.97. The molecule has 1 aromatic rings. The minimum Gasteiger partial charge on any atom is -0.478 e. The highest BCUT2D eigenvalue weighted by atomic mass is 16.5. The molecule has 1 heterocycles. The average Bonchev–Trinajstić information content (AvgIpc) is 2.17. The molecule has 1 rings (SSSR count). The van der Waals surface area contributed by atoms with Crippen molar-refractivity contribution in [3.63, 3.8) is 0 Å². The standard InChI is InChI=1S/C10H12N2O/c1-2-13-10(11)6-5-9-4-3-7-12-8-9/h3-8,11H,2H2,1H3/b6-5+,11-10?. The molecule has 0 unspecified atom stereocenters. The Morgan fingerprint density at radius 1 is 1.69 bits per heavy atom. The van der Waals surface area contributed by atoms with Crippen molar-refractivity contribution < 1.29 is 4.74 Å². The molecule has 0 aliphatic rings. The number of ether oxygens (including phenoxy) is 1. The molecule has 3 heteroatoms. The van der Waals surface area contributed by atoms with Crippen molar-refractivity contribution in [2.24, 2.45) is 0 Å². The van der Waals surface area contributed by atoms with E-state index in [1.165, 1.54) is 0 Å². The molecule has 68 valence electrons. The summed E-state index contributed by atoms with van der Waals surface area (Å²) in [6.07, 6.45) is 6.85. The Labute approximate surface area is 77.6 Å². The van der Waals surface area contributed by atoms with E-state index in [0.717, 1.165) is 5.56 Å². The summed E-state index contributed by atoms with van der Waals surface area (Å²) in [5, 5.41) is 7.31. The fourth-order valence-corrected chi connectivity index (χ4v) is 0.850. The lowest BCUT2D eigenvalue weighted by Gasteiger charge is -1.97. The van der Waals surface area contributed by atoms with Crippen LogP contribution in [0.5, 0.6) is 0 Å². The summed E-state index contributed by atoms with van der Waals surface area (Å²) >= 11 is 0. The van der Waals surface area contributed by atoms with Gasteiger partial charge in [0.05, 0.1) is 6.61 Å². The highest BCUT2D eigenvalue weighted by Gasteiger charge is 1.88. The van der Waals surface area contributed by atoms with Crippen molar-refractivity contribution in [1.82, 2.24) is 4.98 Å². The molecule has 3 nitrogen and oxygen atoms in total. The van der Waals surface area contributed by atoms with Gasteiger partial charge in [-0.05, 0) is 24.6 Å². The van der Waals surface area contributed by atoms with Gasteiger partial charge >= 0.3 is 0 Å². The fourth-order valence-electron chi connectivity index (χ4n) is 0.850. The van der Waals surface area contributed by atoms with Crippen LogP contribution in [0.4, 0.5) is 0 Å². The zero-order chi connectivity index (χ0) is 9.52. The van der Waals surface area contributed by atoms with Crippen molar-refractivity contribution in [3.05, 3.63) is 36.2 Å². The van der Waals surface area contributed by atoms with Crippen LogP contribution >= 0.6 is 0 Å². The topological polar surface area (TPSA) is 46.0 Å². The van der Waals surface area contributed by atoms with E-state index in [9.17, 15) is 0 Å². The smallest absolute Gasteiger partial charge is 0.205 e. The molecule has 1 aromatic heterocycles. The fraction of sp³-hybridized carbons (Fsp3) is 0.200. The van der Waals surface area contributed by atoms with Gasteiger partial charge in [0.15, 0.2) is 0 Å². The first-order chi connectivity index (χ1) is 6.33. The molecule has 0 radical (unpaired) electrons. The number of pyridine rings is 1. The Hall–Kier alpha value is -1.64. The Morgan fingerprint density at radius 2 is 2.54 bits per heavy atom. The molecule has 0 fully saturated rings. The van der Waals surface area contributed by atoms with Crippen LogP contribution in [0.25, 0.3) is 6.08 Å². The molecule has 0 spiro atoms. The second kappa shape index (κ2) is 5.09. The third-order valence-electron chi connectivity index (χ3n) is 1.41. The first-order valence-electron chi connectivity index (χ1n) is 4.12. The van der Waals surface area contributed by atoms with E-state index in [1.807, 2.05) is 19.1 Å². The van der Waals surface area contributed by atoms with Crippen LogP contribution in [0, 0.1) is 5.41 Å². The first-order valence-corrected chi connectivity index (χ1v) is 4.12. The summed E-state index contributed by atoms with van der Waals surface area (Å²) in [5.41, 5.74) is 0.965. The third-order valence-corrected chi connectivity index (χ3v) is 1.41. The zero-order valence-corrected chi connectivity index (χ0v) is 7.53. The lowest BCUT2D eigenvalue weighted by atomic mass is 10.2. The molecule has 13 heavy (non-hydrogen) atoms. The molecule has 0 amide bonds. The average molecular weight is 176 g/mol. The number of hydrogen-bond donors (Lipinski definition) is 1. The summed E-state index contributed by atoms with van der Waals surface area (Å²) in [6, 6.07) is 3.77. The molecule has 0 saturated heterocycles. The highest BCUT2D eigenvalue weighted by Crippen LogP contribution is 1.98. The number of rotatable bonds is 3. The van der Waals surface area contributed by atoms with E-state index < -0.39 is 0 Å². The van der Waals surface area contributed by atoms with Crippen LogP contribution < -0.4 is 0 Å². The summed E-state index contributed by atoms with van der Waals surface area (Å²) in [5.74, 6) is 0.173. The number of hydrogen-bond acceptors (Lipinski definition) is 3. The highest BCUT2D eigenvalue weighted by molar-refractivity contribution is 5.89. The van der Waals surface area contributed by atoms with E-state index in [1.54, 1.807) is 24.5 Å². The molecule has 0 atom stereocenters. The van der Waals surface area contributed by atoms with Gasteiger partial charge < -0.3 is 4.74 Å². The second-order valence-corrected chi connectivity index (χ2v) is 2.42. The molecule has 0 saturated carbocycles. The van der Waals surface area contributed by atoms with E-state index in [-0.39, 0.29) is 5.90 Å². The van der Waals surface area contributed by atoms with Crippen LogP contribution in [0.1, 0.15) is 12.5 Å². The van der Waals surface area contributed by atoms with E-state index >= 15 is 0 Å². The van der Waals surface area contributed by atoms with Crippen molar-refractivity contribution in [1.29, 1.82) is 5.41 Å².